The molecule has 13 nitrogen and oxygen atoms in total. The van der Waals surface area contributed by atoms with Gasteiger partial charge in [0.2, 0.25) is 20.0 Å². The van der Waals surface area contributed by atoms with Gasteiger partial charge in [-0.05, 0) is 12.1 Å². The predicted molar refractivity (Wildman–Crippen MR) is 157 cm³/mol. The number of benzene rings is 4. The SMILES string of the molecule is CN(CCC=O)S(=O)(=O)c1cc(S(=O)(=O)N(C)CCC=O)c2ccc3c(OCCS(=O)(=O)O)cc(N)c4ccc1c2c43. The number of hydrogen-bond donors (Lipinski definition) is 2. The molecule has 0 saturated carbocycles. The van der Waals surface area contributed by atoms with E-state index in [-0.39, 0.29) is 63.3 Å². The highest BCUT2D eigenvalue weighted by Crippen LogP contribution is 2.45. The van der Waals surface area contributed by atoms with Gasteiger partial charge >= 0.3 is 0 Å². The molecule has 0 amide bonds. The monoisotopic (exact) mass is 639 g/mol. The minimum absolute atomic E-state index is 0.0814. The maximum Gasteiger partial charge on any atom is 0.268 e. The van der Waals surface area contributed by atoms with Crippen LogP contribution in [0, 0.1) is 0 Å². The quantitative estimate of drug-likeness (QED) is 0.0883. The third kappa shape index (κ3) is 5.77. The highest BCUT2D eigenvalue weighted by Gasteiger charge is 2.31. The number of nitrogens with two attached hydrogens (primary N) is 1. The fourth-order valence-electron chi connectivity index (χ4n) is 4.77. The summed E-state index contributed by atoms with van der Waals surface area (Å²) in [5, 5.41) is 1.87. The Morgan fingerprint density at radius 2 is 1.21 bits per heavy atom. The zero-order chi connectivity index (χ0) is 31.0. The number of nitrogens with zero attached hydrogens (tertiary/aromatic N) is 2. The van der Waals surface area contributed by atoms with Crippen molar-refractivity contribution in [2.75, 3.05) is 45.3 Å². The van der Waals surface area contributed by atoms with Crippen molar-refractivity contribution in [2.24, 2.45) is 0 Å². The molecule has 0 aliphatic heterocycles. The van der Waals surface area contributed by atoms with Gasteiger partial charge in [-0.3, -0.25) is 4.55 Å². The normalized spacial score (nSPS) is 13.1. The Morgan fingerprint density at radius 3 is 1.69 bits per heavy atom. The van der Waals surface area contributed by atoms with Crippen molar-refractivity contribution in [1.29, 1.82) is 0 Å². The first-order valence-corrected chi connectivity index (χ1v) is 17.1. The molecule has 0 aliphatic rings. The largest absolute Gasteiger partial charge is 0.492 e. The molecule has 16 heteroatoms. The number of ether oxygens (including phenoxy) is 1. The van der Waals surface area contributed by atoms with Crippen LogP contribution in [0.4, 0.5) is 5.69 Å². The summed E-state index contributed by atoms with van der Waals surface area (Å²) in [7, 11) is -10.4. The lowest BCUT2D eigenvalue weighted by Gasteiger charge is -2.24. The fraction of sp³-hybridized carbons (Fsp3) is 0.308. The van der Waals surface area contributed by atoms with Gasteiger partial charge in [0.1, 0.15) is 30.7 Å². The molecule has 42 heavy (non-hydrogen) atoms. The summed E-state index contributed by atoms with van der Waals surface area (Å²) in [5.41, 5.74) is 6.51. The average Bonchev–Trinajstić information content (AvgIpc) is 2.93. The van der Waals surface area contributed by atoms with Gasteiger partial charge in [0.25, 0.3) is 10.1 Å². The third-order valence-corrected chi connectivity index (χ3v) is 11.4. The summed E-state index contributed by atoms with van der Waals surface area (Å²) in [5.74, 6) is -0.554. The Bertz CT molecular complexity index is 1940. The Kier molecular flexibility index (Phi) is 8.78. The lowest BCUT2D eigenvalue weighted by Crippen LogP contribution is -2.30. The molecule has 3 N–H and O–H groups in total. The summed E-state index contributed by atoms with van der Waals surface area (Å²) in [6.07, 6.45) is 0.977. The van der Waals surface area contributed by atoms with E-state index in [4.69, 9.17) is 15.0 Å². The fourth-order valence-corrected chi connectivity index (χ4v) is 7.93. The number of rotatable bonds is 14. The maximum absolute atomic E-state index is 13.8. The van der Waals surface area contributed by atoms with E-state index in [0.717, 1.165) is 14.7 Å². The number of carbonyl (C=O) groups is 2. The highest BCUT2D eigenvalue weighted by molar-refractivity contribution is 7.90. The number of aldehydes is 2. The Hall–Kier alpha value is -3.41. The van der Waals surface area contributed by atoms with E-state index in [1.165, 1.54) is 32.3 Å². The number of hydrogen-bond acceptors (Lipinski definition) is 10. The van der Waals surface area contributed by atoms with E-state index in [2.05, 4.69) is 0 Å². The van der Waals surface area contributed by atoms with Crippen molar-refractivity contribution in [3.05, 3.63) is 36.4 Å². The van der Waals surface area contributed by atoms with Crippen LogP contribution >= 0.6 is 0 Å². The second kappa shape index (κ2) is 11.7. The van der Waals surface area contributed by atoms with Crippen LogP contribution in [-0.4, -0.2) is 90.5 Å². The topological polar surface area (TPSA) is 199 Å². The van der Waals surface area contributed by atoms with Crippen LogP contribution in [0.3, 0.4) is 0 Å². The maximum atomic E-state index is 13.8. The molecule has 0 unspecified atom stereocenters. The summed E-state index contributed by atoms with van der Waals surface area (Å²) in [6, 6.07) is 8.70. The first kappa shape index (κ1) is 31.5. The summed E-state index contributed by atoms with van der Waals surface area (Å²) in [6.45, 7) is -0.702. The van der Waals surface area contributed by atoms with Crippen molar-refractivity contribution < 1.29 is 44.1 Å². The van der Waals surface area contributed by atoms with E-state index in [1.54, 1.807) is 12.1 Å². The van der Waals surface area contributed by atoms with Crippen LogP contribution in [0.5, 0.6) is 5.75 Å². The minimum atomic E-state index is -4.33. The van der Waals surface area contributed by atoms with Crippen LogP contribution in [0.15, 0.2) is 46.2 Å². The zero-order valence-electron chi connectivity index (χ0n) is 22.7. The van der Waals surface area contributed by atoms with Crippen LogP contribution in [0.2, 0.25) is 0 Å². The third-order valence-electron chi connectivity index (χ3n) is 6.92. The molecule has 4 rings (SSSR count). The van der Waals surface area contributed by atoms with Gasteiger partial charge in [0, 0.05) is 84.1 Å². The molecule has 4 aromatic carbocycles. The minimum Gasteiger partial charge on any atom is -0.492 e. The highest BCUT2D eigenvalue weighted by atomic mass is 32.2. The lowest BCUT2D eigenvalue weighted by molar-refractivity contribution is -0.108. The van der Waals surface area contributed by atoms with Gasteiger partial charge in [-0.15, -0.1) is 0 Å². The zero-order valence-corrected chi connectivity index (χ0v) is 25.1. The molecule has 0 aromatic heterocycles. The molecule has 226 valence electrons. The van der Waals surface area contributed by atoms with Crippen LogP contribution in [0.25, 0.3) is 32.3 Å². The van der Waals surface area contributed by atoms with E-state index in [1.807, 2.05) is 0 Å². The van der Waals surface area contributed by atoms with Crippen molar-refractivity contribution in [1.82, 2.24) is 8.61 Å². The molecule has 0 saturated heterocycles. The molecule has 0 aliphatic carbocycles. The molecule has 0 fully saturated rings. The summed E-state index contributed by atoms with van der Waals surface area (Å²) in [4.78, 5) is 21.3. The number of nitrogen functional groups attached to an aromatic ring is 1. The Morgan fingerprint density at radius 1 is 0.762 bits per heavy atom. The Labute approximate surface area is 243 Å². The van der Waals surface area contributed by atoms with E-state index in [0.29, 0.717) is 28.7 Å². The molecular weight excluding hydrogens is 610 g/mol. The van der Waals surface area contributed by atoms with Crippen molar-refractivity contribution in [2.45, 2.75) is 22.6 Å². The van der Waals surface area contributed by atoms with Crippen molar-refractivity contribution in [3.63, 3.8) is 0 Å². The lowest BCUT2D eigenvalue weighted by atomic mass is 9.93. The second-order valence-electron chi connectivity index (χ2n) is 9.61. The van der Waals surface area contributed by atoms with Crippen LogP contribution < -0.4 is 10.5 Å². The van der Waals surface area contributed by atoms with Gasteiger partial charge in [-0.25, -0.2) is 25.4 Å². The van der Waals surface area contributed by atoms with Crippen molar-refractivity contribution >= 4 is 80.7 Å². The first-order valence-electron chi connectivity index (χ1n) is 12.6. The van der Waals surface area contributed by atoms with E-state index < -0.39 is 42.5 Å². The second-order valence-corrected chi connectivity index (χ2v) is 15.2. The average molecular weight is 640 g/mol. The number of anilines is 1. The smallest absolute Gasteiger partial charge is 0.268 e. The van der Waals surface area contributed by atoms with Gasteiger partial charge in [-0.1, -0.05) is 18.2 Å². The predicted octanol–water partition coefficient (Wildman–Crippen LogP) is 1.85. The molecule has 0 radical (unpaired) electrons. The first-order chi connectivity index (χ1) is 19.6. The van der Waals surface area contributed by atoms with Gasteiger partial charge < -0.3 is 20.1 Å². The van der Waals surface area contributed by atoms with Crippen molar-refractivity contribution in [3.8, 4) is 5.75 Å². The number of carbonyl (C=O) groups excluding carboxylic acids is 2. The summed E-state index contributed by atoms with van der Waals surface area (Å²) < 4.78 is 94.3. The standard InChI is InChI=1S/C26H29N3O10S3/c1-28(9-3-11-30)41(35,36)23-16-24(42(37,38)29(2)10-4-12-31)20-8-6-18-22(39-13-14-40(32,33)34)15-21(27)17-5-7-19(23)26(20)25(17)18/h5-8,11-12,15-16H,3-4,9-10,13-14,27H2,1-2H3,(H,32,33,34). The molecular formula is C26H29N3O10S3. The van der Waals surface area contributed by atoms with Gasteiger partial charge in [-0.2, -0.15) is 8.42 Å². The van der Waals surface area contributed by atoms with E-state index >= 15 is 0 Å². The summed E-state index contributed by atoms with van der Waals surface area (Å²) >= 11 is 0. The van der Waals surface area contributed by atoms with E-state index in [9.17, 15) is 34.8 Å². The number of sulfonamides is 2. The van der Waals surface area contributed by atoms with Crippen LogP contribution in [0.1, 0.15) is 12.8 Å². The van der Waals surface area contributed by atoms with Crippen LogP contribution in [-0.2, 0) is 39.8 Å². The molecule has 0 atom stereocenters. The Balaban J connectivity index is 2.11. The molecule has 0 heterocycles. The molecule has 0 spiro atoms. The van der Waals surface area contributed by atoms with Gasteiger partial charge in [0.05, 0.1) is 9.79 Å². The molecule has 4 aromatic rings. The van der Waals surface area contributed by atoms with Gasteiger partial charge in [0.15, 0.2) is 0 Å². The molecule has 0 bridgehead atoms.